The number of allylic oxidation sites excluding steroid dienone is 2. The van der Waals surface area contributed by atoms with Gasteiger partial charge in [0.15, 0.2) is 0 Å². The summed E-state index contributed by atoms with van der Waals surface area (Å²) in [6.07, 6.45) is 3.72. The van der Waals surface area contributed by atoms with E-state index in [4.69, 9.17) is 15.4 Å². The molecular formula is C16H15FN2O2. The molecule has 21 heavy (non-hydrogen) atoms. The van der Waals surface area contributed by atoms with Crippen molar-refractivity contribution in [2.24, 2.45) is 0 Å². The third-order valence-corrected chi connectivity index (χ3v) is 3.29. The Balaban J connectivity index is 2.26. The van der Waals surface area contributed by atoms with Crippen LogP contribution in [0.15, 0.2) is 41.2 Å². The summed E-state index contributed by atoms with van der Waals surface area (Å²) in [6.45, 7) is 1.72. The molecule has 0 saturated heterocycles. The van der Waals surface area contributed by atoms with Crippen molar-refractivity contribution in [2.45, 2.75) is 26.2 Å². The molecule has 1 aliphatic carbocycles. The van der Waals surface area contributed by atoms with Gasteiger partial charge in [-0.1, -0.05) is 0 Å². The van der Waals surface area contributed by atoms with Gasteiger partial charge in [-0.25, -0.2) is 4.39 Å². The highest BCUT2D eigenvalue weighted by molar-refractivity contribution is 5.94. The fourth-order valence-electron chi connectivity index (χ4n) is 2.32. The van der Waals surface area contributed by atoms with E-state index < -0.39 is 5.82 Å². The largest absolute Gasteiger partial charge is 0.508 e. The molecule has 2 rings (SSSR count). The molecule has 5 heteroatoms. The Labute approximate surface area is 122 Å². The van der Waals surface area contributed by atoms with Crippen LogP contribution in [0.1, 0.15) is 31.7 Å². The van der Waals surface area contributed by atoms with E-state index in [2.05, 4.69) is 0 Å². The number of halogens is 1. The predicted molar refractivity (Wildman–Crippen MR) is 76.7 cm³/mol. The summed E-state index contributed by atoms with van der Waals surface area (Å²) in [5, 5.41) is 26.6. The number of nitrogens with zero attached hydrogens (tertiary/aromatic N) is 1. The molecule has 0 atom stereocenters. The Morgan fingerprint density at radius 3 is 2.76 bits per heavy atom. The molecule has 0 radical (unpaired) electrons. The van der Waals surface area contributed by atoms with E-state index in [1.807, 2.05) is 6.07 Å². The summed E-state index contributed by atoms with van der Waals surface area (Å²) in [6, 6.07) is 5.44. The number of aliphatic hydroxyl groups excluding tert-OH is 1. The molecule has 1 aromatic rings. The van der Waals surface area contributed by atoms with Crippen molar-refractivity contribution in [1.29, 1.82) is 10.7 Å². The number of hydrogen-bond acceptors (Lipinski definition) is 4. The van der Waals surface area contributed by atoms with Crippen LogP contribution in [0.25, 0.3) is 0 Å². The van der Waals surface area contributed by atoms with Crippen molar-refractivity contribution in [3.63, 3.8) is 0 Å². The fourth-order valence-corrected chi connectivity index (χ4v) is 2.32. The van der Waals surface area contributed by atoms with Crippen molar-refractivity contribution in [3.05, 3.63) is 52.6 Å². The molecule has 1 aliphatic rings. The van der Waals surface area contributed by atoms with Crippen molar-refractivity contribution >= 4 is 5.90 Å². The van der Waals surface area contributed by atoms with Crippen LogP contribution in [-0.4, -0.2) is 11.0 Å². The molecule has 0 spiro atoms. The van der Waals surface area contributed by atoms with Gasteiger partial charge >= 0.3 is 0 Å². The zero-order valence-electron chi connectivity index (χ0n) is 11.6. The quantitative estimate of drug-likeness (QED) is 0.501. The van der Waals surface area contributed by atoms with E-state index in [0.29, 0.717) is 24.0 Å². The molecule has 0 heterocycles. The first kappa shape index (κ1) is 14.8. The van der Waals surface area contributed by atoms with Gasteiger partial charge in [0.05, 0.1) is 11.6 Å². The SMILES string of the molecule is C/C=C(/O)C1=C(C(=N)Oc2cc(F)cc(C#N)c2)CCC1. The van der Waals surface area contributed by atoms with Gasteiger partial charge in [0, 0.05) is 17.2 Å². The second-order valence-electron chi connectivity index (χ2n) is 4.70. The Morgan fingerprint density at radius 2 is 2.10 bits per heavy atom. The lowest BCUT2D eigenvalue weighted by molar-refractivity contribution is 0.418. The first-order valence-corrected chi connectivity index (χ1v) is 6.60. The molecule has 4 nitrogen and oxygen atoms in total. The van der Waals surface area contributed by atoms with E-state index in [1.165, 1.54) is 6.07 Å². The van der Waals surface area contributed by atoms with Gasteiger partial charge in [0.1, 0.15) is 17.3 Å². The number of ether oxygens (including phenoxy) is 1. The molecule has 0 aliphatic heterocycles. The molecule has 0 saturated carbocycles. The third kappa shape index (κ3) is 3.29. The summed E-state index contributed by atoms with van der Waals surface area (Å²) in [5.74, 6) is -0.456. The van der Waals surface area contributed by atoms with Gasteiger partial charge in [-0.15, -0.1) is 0 Å². The maximum atomic E-state index is 13.3. The molecule has 0 aromatic heterocycles. The van der Waals surface area contributed by atoms with Gasteiger partial charge < -0.3 is 9.84 Å². The Bertz CT molecular complexity index is 684. The molecule has 108 valence electrons. The van der Waals surface area contributed by atoms with E-state index in [-0.39, 0.29) is 23.0 Å². The zero-order valence-corrected chi connectivity index (χ0v) is 11.6. The minimum absolute atomic E-state index is 0.107. The minimum Gasteiger partial charge on any atom is -0.508 e. The molecule has 0 amide bonds. The monoisotopic (exact) mass is 286 g/mol. The Kier molecular flexibility index (Phi) is 4.39. The minimum atomic E-state index is -0.589. The van der Waals surface area contributed by atoms with Crippen LogP contribution in [-0.2, 0) is 0 Å². The van der Waals surface area contributed by atoms with Crippen LogP contribution in [0.2, 0.25) is 0 Å². The number of hydrogen-bond donors (Lipinski definition) is 2. The van der Waals surface area contributed by atoms with Crippen molar-refractivity contribution in [3.8, 4) is 11.8 Å². The van der Waals surface area contributed by atoms with Crippen LogP contribution >= 0.6 is 0 Å². The second-order valence-corrected chi connectivity index (χ2v) is 4.70. The average Bonchev–Trinajstić information content (AvgIpc) is 2.95. The number of benzene rings is 1. The van der Waals surface area contributed by atoms with E-state index >= 15 is 0 Å². The van der Waals surface area contributed by atoms with Crippen LogP contribution in [0.5, 0.6) is 5.75 Å². The summed E-state index contributed by atoms with van der Waals surface area (Å²) >= 11 is 0. The summed E-state index contributed by atoms with van der Waals surface area (Å²) < 4.78 is 18.7. The highest BCUT2D eigenvalue weighted by atomic mass is 19.1. The molecule has 0 fully saturated rings. The second kappa shape index (κ2) is 6.23. The summed E-state index contributed by atoms with van der Waals surface area (Å²) in [4.78, 5) is 0. The van der Waals surface area contributed by atoms with Crippen molar-refractivity contribution < 1.29 is 14.2 Å². The smallest absolute Gasteiger partial charge is 0.215 e. The Morgan fingerprint density at radius 1 is 1.38 bits per heavy atom. The molecule has 0 bridgehead atoms. The lowest BCUT2D eigenvalue weighted by atomic mass is 10.1. The first-order valence-electron chi connectivity index (χ1n) is 6.60. The molecule has 2 N–H and O–H groups in total. The highest BCUT2D eigenvalue weighted by Crippen LogP contribution is 2.31. The molecule has 0 unspecified atom stereocenters. The molecular weight excluding hydrogens is 271 g/mol. The number of nitrogens with one attached hydrogen (secondary N) is 1. The lowest BCUT2D eigenvalue weighted by Gasteiger charge is -2.10. The van der Waals surface area contributed by atoms with E-state index in [0.717, 1.165) is 18.6 Å². The summed E-state index contributed by atoms with van der Waals surface area (Å²) in [5.41, 5.74) is 1.45. The lowest BCUT2D eigenvalue weighted by Crippen LogP contribution is -2.11. The standard InChI is InChI=1S/C16H15FN2O2/c1-2-15(20)13-4-3-5-14(13)16(19)21-12-7-10(9-18)6-11(17)8-12/h2,6-8,19-20H,3-5H2,1H3/b15-2+,19-16?. The number of rotatable bonds is 3. The average molecular weight is 286 g/mol. The highest BCUT2D eigenvalue weighted by Gasteiger charge is 2.22. The topological polar surface area (TPSA) is 77.1 Å². The number of aliphatic hydroxyl groups is 1. The number of nitriles is 1. The van der Waals surface area contributed by atoms with Crippen LogP contribution in [0.3, 0.4) is 0 Å². The zero-order chi connectivity index (χ0) is 15.4. The van der Waals surface area contributed by atoms with Gasteiger partial charge in [-0.3, -0.25) is 5.41 Å². The third-order valence-electron chi connectivity index (χ3n) is 3.29. The van der Waals surface area contributed by atoms with Crippen LogP contribution < -0.4 is 4.74 Å². The van der Waals surface area contributed by atoms with Crippen LogP contribution in [0.4, 0.5) is 4.39 Å². The van der Waals surface area contributed by atoms with Crippen molar-refractivity contribution in [2.75, 3.05) is 0 Å². The van der Waals surface area contributed by atoms with Crippen molar-refractivity contribution in [1.82, 2.24) is 0 Å². The maximum absolute atomic E-state index is 13.3. The summed E-state index contributed by atoms with van der Waals surface area (Å²) in [7, 11) is 0. The van der Waals surface area contributed by atoms with E-state index in [9.17, 15) is 9.50 Å². The maximum Gasteiger partial charge on any atom is 0.215 e. The van der Waals surface area contributed by atoms with Gasteiger partial charge in [0.25, 0.3) is 0 Å². The van der Waals surface area contributed by atoms with Gasteiger partial charge in [-0.2, -0.15) is 5.26 Å². The van der Waals surface area contributed by atoms with Crippen LogP contribution in [0, 0.1) is 22.6 Å². The first-order chi connectivity index (χ1) is 10.0. The van der Waals surface area contributed by atoms with Gasteiger partial charge in [-0.05, 0) is 44.4 Å². The predicted octanol–water partition coefficient (Wildman–Crippen LogP) is 4.00. The van der Waals surface area contributed by atoms with Gasteiger partial charge in [0.2, 0.25) is 5.90 Å². The van der Waals surface area contributed by atoms with E-state index in [1.54, 1.807) is 13.0 Å². The molecule has 1 aromatic carbocycles. The fraction of sp³-hybridized carbons (Fsp3) is 0.250. The normalized spacial score (nSPS) is 15.0. The Hall–Kier alpha value is -2.61.